The van der Waals surface area contributed by atoms with E-state index in [4.69, 9.17) is 0 Å². The molecule has 2 heterocycles. The minimum absolute atomic E-state index is 0.121. The summed E-state index contributed by atoms with van der Waals surface area (Å²) in [6.45, 7) is 7.37. The van der Waals surface area contributed by atoms with Crippen molar-refractivity contribution in [3.05, 3.63) is 12.7 Å². The third kappa shape index (κ3) is 1.57. The summed E-state index contributed by atoms with van der Waals surface area (Å²) in [5.74, 6) is -1.08. The Kier molecular flexibility index (Phi) is 2.86. The van der Waals surface area contributed by atoms with Crippen LogP contribution in [0, 0.1) is 0 Å². The van der Waals surface area contributed by atoms with Crippen molar-refractivity contribution in [2.24, 2.45) is 0 Å². The molecule has 0 aliphatic carbocycles. The van der Waals surface area contributed by atoms with Crippen LogP contribution in [0.5, 0.6) is 0 Å². The monoisotopic (exact) mass is 319 g/mol. The van der Waals surface area contributed by atoms with Gasteiger partial charge in [0.25, 0.3) is 0 Å². The van der Waals surface area contributed by atoms with Crippen molar-refractivity contribution < 1.29 is 14.7 Å². The number of rotatable bonds is 3. The van der Waals surface area contributed by atoms with Crippen molar-refractivity contribution in [2.75, 3.05) is 0 Å². The second-order valence-corrected chi connectivity index (χ2v) is 8.03. The van der Waals surface area contributed by atoms with Gasteiger partial charge in [0.1, 0.15) is 15.7 Å². The summed E-state index contributed by atoms with van der Waals surface area (Å²) < 4.78 is -1.14. The molecule has 0 unspecified atom stereocenters. The molecule has 0 spiro atoms. The van der Waals surface area contributed by atoms with E-state index in [0.717, 1.165) is 0 Å². The van der Waals surface area contributed by atoms with Crippen LogP contribution in [0.3, 0.4) is 0 Å². The predicted molar refractivity (Wildman–Crippen MR) is 70.2 cm³/mol. The molecule has 2 saturated heterocycles. The molecule has 1 amide bonds. The number of amides is 1. The van der Waals surface area contributed by atoms with E-state index in [0.29, 0.717) is 6.42 Å². The summed E-state index contributed by atoms with van der Waals surface area (Å²) in [6.07, 6.45) is 2.20. The van der Waals surface area contributed by atoms with Crippen LogP contribution in [-0.4, -0.2) is 42.4 Å². The van der Waals surface area contributed by atoms with Crippen molar-refractivity contribution in [1.29, 1.82) is 0 Å². The number of aliphatic carboxylic acids is 1. The highest BCUT2D eigenvalue weighted by molar-refractivity contribution is 9.10. The zero-order chi connectivity index (χ0) is 13.0. The highest BCUT2D eigenvalue weighted by Crippen LogP contribution is 2.58. The van der Waals surface area contributed by atoms with Gasteiger partial charge in [0.15, 0.2) is 0 Å². The summed E-state index contributed by atoms with van der Waals surface area (Å²) in [4.78, 5) is 24.9. The Bertz CT molecular complexity index is 412. The van der Waals surface area contributed by atoms with Gasteiger partial charge < -0.3 is 10.0 Å². The number of thioether (sulfide) groups is 1. The first kappa shape index (κ1) is 13.0. The molecular formula is C11H14BrNO3S. The van der Waals surface area contributed by atoms with Gasteiger partial charge in [-0.2, -0.15) is 0 Å². The first-order valence-corrected chi connectivity index (χ1v) is 6.96. The Balaban J connectivity index is 2.34. The molecule has 94 valence electrons. The Morgan fingerprint density at radius 2 is 2.29 bits per heavy atom. The fourth-order valence-corrected chi connectivity index (χ4v) is 5.05. The predicted octanol–water partition coefficient (Wildman–Crippen LogP) is 1.84. The third-order valence-electron chi connectivity index (χ3n) is 3.26. The van der Waals surface area contributed by atoms with Gasteiger partial charge in [0, 0.05) is 4.75 Å². The highest BCUT2D eigenvalue weighted by Gasteiger charge is 2.69. The Hall–Kier alpha value is -0.490. The number of alkyl halides is 1. The molecule has 0 saturated carbocycles. The summed E-state index contributed by atoms with van der Waals surface area (Å²) in [5.41, 5.74) is 0. The lowest BCUT2D eigenvalue weighted by atomic mass is 9.89. The van der Waals surface area contributed by atoms with Gasteiger partial charge in [0.05, 0.1) is 0 Å². The van der Waals surface area contributed by atoms with Crippen molar-refractivity contribution in [3.63, 3.8) is 0 Å². The fraction of sp³-hybridized carbons (Fsp3) is 0.636. The lowest BCUT2D eigenvalue weighted by Gasteiger charge is -2.49. The number of nitrogens with zero attached hydrogens (tertiary/aromatic N) is 1. The van der Waals surface area contributed by atoms with Gasteiger partial charge in [-0.1, -0.05) is 22.0 Å². The Morgan fingerprint density at radius 3 is 2.76 bits per heavy atom. The SMILES string of the molecule is C=CC[C@@]1(Br)C(=O)N2[C@@H](C(=O)O)C(C)(C)S[C@@H]21. The molecule has 2 rings (SSSR count). The van der Waals surface area contributed by atoms with E-state index in [-0.39, 0.29) is 11.3 Å². The highest BCUT2D eigenvalue weighted by atomic mass is 79.9. The number of fused-ring (bicyclic) bond motifs is 1. The molecule has 3 atom stereocenters. The largest absolute Gasteiger partial charge is 0.480 e. The van der Waals surface area contributed by atoms with Crippen molar-refractivity contribution in [3.8, 4) is 0 Å². The summed E-state index contributed by atoms with van der Waals surface area (Å²) >= 11 is 4.99. The summed E-state index contributed by atoms with van der Waals surface area (Å²) in [6, 6.07) is -0.750. The van der Waals surface area contributed by atoms with Crippen LogP contribution in [-0.2, 0) is 9.59 Å². The normalized spacial score (nSPS) is 38.5. The maximum atomic E-state index is 12.1. The quantitative estimate of drug-likeness (QED) is 0.490. The lowest BCUT2D eigenvalue weighted by Crippen LogP contribution is -2.70. The van der Waals surface area contributed by atoms with Crippen LogP contribution in [0.15, 0.2) is 12.7 Å². The topological polar surface area (TPSA) is 57.6 Å². The van der Waals surface area contributed by atoms with E-state index in [1.165, 1.54) is 16.7 Å². The van der Waals surface area contributed by atoms with E-state index < -0.39 is 21.1 Å². The summed E-state index contributed by atoms with van der Waals surface area (Å²) in [5, 5.41) is 9.12. The van der Waals surface area contributed by atoms with Gasteiger partial charge in [-0.05, 0) is 20.3 Å². The Labute approximate surface area is 113 Å². The maximum Gasteiger partial charge on any atom is 0.327 e. The van der Waals surface area contributed by atoms with Gasteiger partial charge in [0.2, 0.25) is 5.91 Å². The van der Waals surface area contributed by atoms with Crippen molar-refractivity contribution in [1.82, 2.24) is 4.90 Å². The molecule has 4 nitrogen and oxygen atoms in total. The van der Waals surface area contributed by atoms with E-state index in [1.54, 1.807) is 6.08 Å². The zero-order valence-corrected chi connectivity index (χ0v) is 12.0. The number of halogens is 1. The van der Waals surface area contributed by atoms with E-state index >= 15 is 0 Å². The number of hydrogen-bond donors (Lipinski definition) is 1. The zero-order valence-electron chi connectivity index (χ0n) is 9.64. The number of hydrogen-bond acceptors (Lipinski definition) is 3. The van der Waals surface area contributed by atoms with Crippen molar-refractivity contribution in [2.45, 2.75) is 40.8 Å². The number of carboxylic acids is 1. The van der Waals surface area contributed by atoms with E-state index in [1.807, 2.05) is 13.8 Å². The molecule has 1 N–H and O–H groups in total. The molecule has 17 heavy (non-hydrogen) atoms. The first-order valence-electron chi connectivity index (χ1n) is 5.29. The van der Waals surface area contributed by atoms with Crippen LogP contribution in [0.2, 0.25) is 0 Å². The van der Waals surface area contributed by atoms with Crippen LogP contribution in [0.1, 0.15) is 20.3 Å². The third-order valence-corrected chi connectivity index (χ3v) is 6.34. The molecule has 0 aromatic heterocycles. The smallest absolute Gasteiger partial charge is 0.327 e. The second kappa shape index (κ2) is 3.75. The molecule has 2 aliphatic rings. The summed E-state index contributed by atoms with van der Waals surface area (Å²) in [7, 11) is 0. The minimum atomic E-state index is -0.938. The average molecular weight is 320 g/mol. The maximum absolute atomic E-state index is 12.1. The number of β-lactam (4-membered cyclic amide) rings is 1. The molecule has 0 radical (unpaired) electrons. The number of carbonyl (C=O) groups excluding carboxylic acids is 1. The van der Waals surface area contributed by atoms with Gasteiger partial charge in [-0.3, -0.25) is 4.79 Å². The van der Waals surface area contributed by atoms with Gasteiger partial charge in [-0.25, -0.2) is 4.79 Å². The molecule has 0 bridgehead atoms. The molecule has 6 heteroatoms. The van der Waals surface area contributed by atoms with Gasteiger partial charge in [-0.15, -0.1) is 18.3 Å². The van der Waals surface area contributed by atoms with Gasteiger partial charge >= 0.3 is 5.97 Å². The molecule has 2 fully saturated rings. The molecule has 0 aromatic carbocycles. The molecule has 2 aliphatic heterocycles. The molecular weight excluding hydrogens is 306 g/mol. The lowest BCUT2D eigenvalue weighted by molar-refractivity contribution is -0.160. The van der Waals surface area contributed by atoms with E-state index in [9.17, 15) is 14.7 Å². The van der Waals surface area contributed by atoms with Crippen LogP contribution in [0.25, 0.3) is 0 Å². The number of carboxylic acid groups (broad SMARTS) is 1. The standard InChI is InChI=1S/C11H14BrNO3S/c1-4-5-11(12)8(16)13-6(7(14)15)10(2,3)17-9(11)13/h4,6,9H,1,5H2,2-3H3,(H,14,15)/t6-,9+,11+/m0/s1. The number of carbonyl (C=O) groups is 2. The van der Waals surface area contributed by atoms with Crippen molar-refractivity contribution >= 4 is 39.6 Å². The molecule has 0 aromatic rings. The first-order chi connectivity index (χ1) is 7.75. The Morgan fingerprint density at radius 1 is 1.71 bits per heavy atom. The van der Waals surface area contributed by atoms with Crippen LogP contribution >= 0.6 is 27.7 Å². The van der Waals surface area contributed by atoms with Crippen LogP contribution in [0.4, 0.5) is 0 Å². The average Bonchev–Trinajstić information content (AvgIpc) is 2.48. The van der Waals surface area contributed by atoms with E-state index in [2.05, 4.69) is 22.5 Å². The van der Waals surface area contributed by atoms with Crippen LogP contribution < -0.4 is 0 Å². The minimum Gasteiger partial charge on any atom is -0.480 e. The number of allylic oxidation sites excluding steroid dienone is 1. The second-order valence-electron chi connectivity index (χ2n) is 4.88. The fourth-order valence-electron chi connectivity index (χ4n) is 2.49.